The van der Waals surface area contributed by atoms with Gasteiger partial charge in [-0.05, 0) is 24.3 Å². The lowest BCUT2D eigenvalue weighted by molar-refractivity contribution is 0.631. The highest BCUT2D eigenvalue weighted by molar-refractivity contribution is 6.36. The van der Waals surface area contributed by atoms with Gasteiger partial charge in [-0.3, -0.25) is 0 Å². The Labute approximate surface area is 108 Å². The van der Waals surface area contributed by atoms with Crippen LogP contribution in [0.5, 0.6) is 0 Å². The summed E-state index contributed by atoms with van der Waals surface area (Å²) in [6.45, 7) is 0. The van der Waals surface area contributed by atoms with E-state index < -0.39 is 0 Å². The zero-order valence-electron chi connectivity index (χ0n) is 9.27. The van der Waals surface area contributed by atoms with Gasteiger partial charge in [0.2, 0.25) is 0 Å². The van der Waals surface area contributed by atoms with Crippen LogP contribution < -0.4 is 0 Å². The van der Waals surface area contributed by atoms with Crippen LogP contribution in [-0.4, -0.2) is 9.97 Å². The maximum absolute atomic E-state index is 13.8. The van der Waals surface area contributed by atoms with Gasteiger partial charge in [-0.2, -0.15) is 0 Å². The molecule has 2 aromatic carbocycles. The number of halogens is 2. The van der Waals surface area contributed by atoms with Crippen molar-refractivity contribution >= 4 is 22.5 Å². The normalized spacial score (nSPS) is 10.8. The predicted octanol–water partition coefficient (Wildman–Crippen LogP) is 4.09. The summed E-state index contributed by atoms with van der Waals surface area (Å²) in [7, 11) is 0. The fourth-order valence-electron chi connectivity index (χ4n) is 1.93. The smallest absolute Gasteiger partial charge is 0.132 e. The minimum Gasteiger partial charge on any atom is -0.236 e. The van der Waals surface area contributed by atoms with Crippen molar-refractivity contribution in [3.8, 4) is 11.3 Å². The fraction of sp³-hybridized carbons (Fsp3) is 0. The molecule has 1 aromatic heterocycles. The molecule has 0 bridgehead atoms. The number of nitrogens with zero attached hydrogens (tertiary/aromatic N) is 2. The molecule has 2 nitrogen and oxygen atoms in total. The average Bonchev–Trinajstić information content (AvgIpc) is 2.39. The van der Waals surface area contributed by atoms with E-state index in [0.717, 1.165) is 0 Å². The Bertz CT molecular complexity index is 723. The first-order valence-corrected chi connectivity index (χ1v) is 5.79. The first-order chi connectivity index (χ1) is 8.77. The van der Waals surface area contributed by atoms with Crippen molar-refractivity contribution < 1.29 is 4.39 Å². The first-order valence-electron chi connectivity index (χ1n) is 5.41. The third-order valence-corrected chi connectivity index (χ3v) is 3.06. The molecule has 0 aliphatic heterocycles. The summed E-state index contributed by atoms with van der Waals surface area (Å²) < 4.78 is 13.8. The largest absolute Gasteiger partial charge is 0.236 e. The van der Waals surface area contributed by atoms with Crippen LogP contribution in [-0.2, 0) is 0 Å². The minimum absolute atomic E-state index is 0.322. The summed E-state index contributed by atoms with van der Waals surface area (Å²) >= 11 is 6.16. The van der Waals surface area contributed by atoms with Crippen LogP contribution in [0.4, 0.5) is 4.39 Å². The Morgan fingerprint density at radius 3 is 2.61 bits per heavy atom. The van der Waals surface area contributed by atoms with Crippen molar-refractivity contribution in [2.75, 3.05) is 0 Å². The van der Waals surface area contributed by atoms with E-state index in [1.54, 1.807) is 24.3 Å². The number of hydrogen-bond acceptors (Lipinski definition) is 2. The van der Waals surface area contributed by atoms with Crippen LogP contribution in [0.3, 0.4) is 0 Å². The third kappa shape index (κ3) is 1.73. The Kier molecular flexibility index (Phi) is 2.68. The maximum Gasteiger partial charge on any atom is 0.132 e. The highest BCUT2D eigenvalue weighted by atomic mass is 35.5. The van der Waals surface area contributed by atoms with Gasteiger partial charge in [0.15, 0.2) is 0 Å². The predicted molar refractivity (Wildman–Crippen MR) is 69.9 cm³/mol. The van der Waals surface area contributed by atoms with Gasteiger partial charge >= 0.3 is 0 Å². The van der Waals surface area contributed by atoms with E-state index in [9.17, 15) is 4.39 Å². The molecule has 3 rings (SSSR count). The van der Waals surface area contributed by atoms with Crippen molar-refractivity contribution in [2.24, 2.45) is 0 Å². The molecule has 0 radical (unpaired) electrons. The van der Waals surface area contributed by atoms with Crippen molar-refractivity contribution in [1.29, 1.82) is 0 Å². The van der Waals surface area contributed by atoms with Crippen LogP contribution >= 0.6 is 11.6 Å². The van der Waals surface area contributed by atoms with Crippen molar-refractivity contribution in [2.45, 2.75) is 0 Å². The van der Waals surface area contributed by atoms with Crippen LogP contribution in [0.2, 0.25) is 5.02 Å². The SMILES string of the molecule is Fc1ccccc1-c1ncnc2cccc(Cl)c12. The maximum atomic E-state index is 13.8. The summed E-state index contributed by atoms with van der Waals surface area (Å²) in [6, 6.07) is 11.9. The van der Waals surface area contributed by atoms with Crippen molar-refractivity contribution in [3.05, 3.63) is 59.6 Å². The molecule has 0 atom stereocenters. The molecule has 3 aromatic rings. The van der Waals surface area contributed by atoms with Crippen molar-refractivity contribution in [3.63, 3.8) is 0 Å². The quantitative estimate of drug-likeness (QED) is 0.657. The van der Waals surface area contributed by atoms with E-state index in [-0.39, 0.29) is 5.82 Å². The van der Waals surface area contributed by atoms with E-state index in [4.69, 9.17) is 11.6 Å². The molecular weight excluding hydrogens is 251 g/mol. The van der Waals surface area contributed by atoms with Gasteiger partial charge in [0.1, 0.15) is 12.1 Å². The summed E-state index contributed by atoms with van der Waals surface area (Å²) in [5.41, 5.74) is 1.65. The fourth-order valence-corrected chi connectivity index (χ4v) is 2.18. The zero-order chi connectivity index (χ0) is 12.5. The van der Waals surface area contributed by atoms with Crippen molar-refractivity contribution in [1.82, 2.24) is 9.97 Å². The zero-order valence-corrected chi connectivity index (χ0v) is 10.0. The van der Waals surface area contributed by atoms with E-state index in [1.807, 2.05) is 12.1 Å². The lowest BCUT2D eigenvalue weighted by atomic mass is 10.1. The van der Waals surface area contributed by atoms with Crippen LogP contribution in [0.1, 0.15) is 0 Å². The molecule has 0 spiro atoms. The third-order valence-electron chi connectivity index (χ3n) is 2.74. The Hall–Kier alpha value is -2.00. The molecule has 0 saturated heterocycles. The summed E-state index contributed by atoms with van der Waals surface area (Å²) in [5, 5.41) is 1.19. The van der Waals surface area contributed by atoms with Gasteiger partial charge < -0.3 is 0 Å². The molecule has 4 heteroatoms. The van der Waals surface area contributed by atoms with E-state index in [2.05, 4.69) is 9.97 Å². The highest BCUT2D eigenvalue weighted by Gasteiger charge is 2.12. The number of rotatable bonds is 1. The van der Waals surface area contributed by atoms with Gasteiger partial charge in [0.05, 0.1) is 16.2 Å². The van der Waals surface area contributed by atoms with E-state index in [0.29, 0.717) is 27.2 Å². The van der Waals surface area contributed by atoms with Gasteiger partial charge in [-0.15, -0.1) is 0 Å². The standard InChI is InChI=1S/C14H8ClFN2/c15-10-5-3-7-12-13(10)14(18-8-17-12)9-4-1-2-6-11(9)16/h1-8H. The summed E-state index contributed by atoms with van der Waals surface area (Å²) in [4.78, 5) is 8.30. The number of aromatic nitrogens is 2. The molecule has 0 unspecified atom stereocenters. The van der Waals surface area contributed by atoms with Gasteiger partial charge in [0, 0.05) is 10.9 Å². The molecule has 0 aliphatic carbocycles. The molecule has 0 amide bonds. The molecule has 0 saturated carbocycles. The second-order valence-electron chi connectivity index (χ2n) is 3.84. The number of hydrogen-bond donors (Lipinski definition) is 0. The second kappa shape index (κ2) is 4.35. The second-order valence-corrected chi connectivity index (χ2v) is 4.24. The average molecular weight is 259 g/mol. The van der Waals surface area contributed by atoms with Gasteiger partial charge in [-0.25, -0.2) is 14.4 Å². The topological polar surface area (TPSA) is 25.8 Å². The molecule has 0 N–H and O–H groups in total. The molecule has 88 valence electrons. The summed E-state index contributed by atoms with van der Waals surface area (Å²) in [5.74, 6) is -0.322. The Balaban J connectivity index is 2.40. The summed E-state index contributed by atoms with van der Waals surface area (Å²) in [6.07, 6.45) is 1.42. The molecular formula is C14H8ClFN2. The minimum atomic E-state index is -0.322. The van der Waals surface area contributed by atoms with Gasteiger partial charge in [0.25, 0.3) is 0 Å². The lowest BCUT2D eigenvalue weighted by Crippen LogP contribution is -1.92. The molecule has 0 aliphatic rings. The Morgan fingerprint density at radius 1 is 0.944 bits per heavy atom. The molecule has 18 heavy (non-hydrogen) atoms. The lowest BCUT2D eigenvalue weighted by Gasteiger charge is -2.07. The van der Waals surface area contributed by atoms with E-state index in [1.165, 1.54) is 12.4 Å². The van der Waals surface area contributed by atoms with Crippen LogP contribution in [0.25, 0.3) is 22.2 Å². The number of fused-ring (bicyclic) bond motifs is 1. The highest BCUT2D eigenvalue weighted by Crippen LogP contribution is 2.31. The molecule has 1 heterocycles. The van der Waals surface area contributed by atoms with Crippen LogP contribution in [0.15, 0.2) is 48.8 Å². The Morgan fingerprint density at radius 2 is 1.78 bits per heavy atom. The van der Waals surface area contributed by atoms with Gasteiger partial charge in [-0.1, -0.05) is 29.8 Å². The van der Waals surface area contributed by atoms with Crippen LogP contribution in [0, 0.1) is 5.82 Å². The monoisotopic (exact) mass is 258 g/mol. The molecule has 0 fully saturated rings. The number of benzene rings is 2. The first kappa shape index (κ1) is 11.1. The van der Waals surface area contributed by atoms with E-state index >= 15 is 0 Å².